The molecule has 0 bridgehead atoms. The maximum absolute atomic E-state index is 12.5. The molecule has 2 aromatic rings. The van der Waals surface area contributed by atoms with E-state index in [1.165, 1.54) is 11.7 Å². The lowest BCUT2D eigenvalue weighted by molar-refractivity contribution is -0.129. The van der Waals surface area contributed by atoms with Crippen LogP contribution in [0.2, 0.25) is 0 Å². The minimum atomic E-state index is -0.633. The van der Waals surface area contributed by atoms with Gasteiger partial charge in [-0.2, -0.15) is 15.0 Å². The van der Waals surface area contributed by atoms with Gasteiger partial charge in [0.1, 0.15) is 0 Å². The van der Waals surface area contributed by atoms with Gasteiger partial charge in [0.25, 0.3) is 11.5 Å². The number of aromatic nitrogens is 3. The Hall–Kier alpha value is -3.34. The first-order valence-electron chi connectivity index (χ1n) is 7.68. The highest BCUT2D eigenvalue weighted by atomic mass is 16.2. The van der Waals surface area contributed by atoms with Gasteiger partial charge in [-0.25, -0.2) is 4.98 Å². The molecule has 8 nitrogen and oxygen atoms in total. The van der Waals surface area contributed by atoms with Crippen LogP contribution in [0.4, 0.5) is 0 Å². The van der Waals surface area contributed by atoms with Gasteiger partial charge >= 0.3 is 0 Å². The fraction of sp³-hybridized carbons (Fsp3) is 0.294. The Morgan fingerprint density at radius 2 is 1.84 bits per heavy atom. The summed E-state index contributed by atoms with van der Waals surface area (Å²) in [5.41, 5.74) is 2.99. The Morgan fingerprint density at radius 1 is 1.20 bits per heavy atom. The first kappa shape index (κ1) is 16.5. The largest absolute Gasteiger partial charge is 0.282 e. The first-order chi connectivity index (χ1) is 11.8. The van der Waals surface area contributed by atoms with Crippen LogP contribution in [0.15, 0.2) is 23.2 Å². The topological polar surface area (TPSA) is 104 Å². The highest BCUT2D eigenvalue weighted by Crippen LogP contribution is 2.24. The van der Waals surface area contributed by atoms with Crippen molar-refractivity contribution in [3.05, 3.63) is 46.3 Å². The van der Waals surface area contributed by atoms with Crippen LogP contribution in [0, 0.1) is 25.3 Å². The SMILES string of the molecule is Cc1cc(C)cc(-n2nc3c(nc2=NC#N)C(C)C(=O)N(C)C3=O)c1. The van der Waals surface area contributed by atoms with E-state index in [0.717, 1.165) is 16.0 Å². The van der Waals surface area contributed by atoms with Crippen LogP contribution in [-0.2, 0) is 4.79 Å². The molecular weight excluding hydrogens is 320 g/mol. The number of nitriles is 1. The number of hydrogen-bond donors (Lipinski definition) is 0. The molecule has 2 heterocycles. The van der Waals surface area contributed by atoms with Crippen molar-refractivity contribution in [1.82, 2.24) is 19.7 Å². The van der Waals surface area contributed by atoms with Crippen LogP contribution in [-0.4, -0.2) is 38.5 Å². The van der Waals surface area contributed by atoms with E-state index < -0.39 is 11.8 Å². The Balaban J connectivity index is 2.35. The number of fused-ring (bicyclic) bond motifs is 1. The highest BCUT2D eigenvalue weighted by Gasteiger charge is 2.37. The summed E-state index contributed by atoms with van der Waals surface area (Å²) < 4.78 is 1.36. The van der Waals surface area contributed by atoms with E-state index in [9.17, 15) is 9.59 Å². The van der Waals surface area contributed by atoms with Crippen molar-refractivity contribution < 1.29 is 9.59 Å². The number of likely N-dealkylation sites (N-methyl/N-ethyl adjacent to an activating group) is 1. The van der Waals surface area contributed by atoms with Crippen LogP contribution >= 0.6 is 0 Å². The highest BCUT2D eigenvalue weighted by molar-refractivity contribution is 6.09. The van der Waals surface area contributed by atoms with Crippen molar-refractivity contribution in [1.29, 1.82) is 5.26 Å². The molecule has 1 unspecified atom stereocenters. The number of carbonyl (C=O) groups excluding carboxylic acids is 2. The van der Waals surface area contributed by atoms with Gasteiger partial charge < -0.3 is 0 Å². The molecule has 2 amide bonds. The summed E-state index contributed by atoms with van der Waals surface area (Å²) in [5.74, 6) is -1.52. The molecule has 0 N–H and O–H groups in total. The fourth-order valence-electron chi connectivity index (χ4n) is 2.89. The second-order valence-corrected chi connectivity index (χ2v) is 6.04. The third kappa shape index (κ3) is 2.70. The summed E-state index contributed by atoms with van der Waals surface area (Å²) >= 11 is 0. The molecule has 1 aliphatic heterocycles. The summed E-state index contributed by atoms with van der Waals surface area (Å²) in [6, 6.07) is 5.71. The average molecular weight is 336 g/mol. The van der Waals surface area contributed by atoms with E-state index in [1.54, 1.807) is 13.1 Å². The zero-order chi connectivity index (χ0) is 18.3. The second kappa shape index (κ2) is 5.94. The van der Waals surface area contributed by atoms with Crippen molar-refractivity contribution in [2.24, 2.45) is 4.99 Å². The van der Waals surface area contributed by atoms with Crippen LogP contribution in [0.3, 0.4) is 0 Å². The maximum Gasteiger partial charge on any atom is 0.282 e. The molecule has 0 saturated carbocycles. The number of benzene rings is 1. The fourth-order valence-corrected chi connectivity index (χ4v) is 2.89. The van der Waals surface area contributed by atoms with Crippen LogP contribution in [0.5, 0.6) is 0 Å². The second-order valence-electron chi connectivity index (χ2n) is 6.04. The van der Waals surface area contributed by atoms with Crippen LogP contribution in [0.1, 0.15) is 40.2 Å². The number of imide groups is 1. The molecule has 1 atom stereocenters. The van der Waals surface area contributed by atoms with E-state index in [4.69, 9.17) is 5.26 Å². The molecule has 1 aliphatic rings. The summed E-state index contributed by atoms with van der Waals surface area (Å²) in [5, 5.41) is 13.3. The minimum Gasteiger partial charge on any atom is -0.280 e. The van der Waals surface area contributed by atoms with Gasteiger partial charge in [0.15, 0.2) is 5.69 Å². The van der Waals surface area contributed by atoms with Gasteiger partial charge in [0.2, 0.25) is 12.1 Å². The van der Waals surface area contributed by atoms with Crippen molar-refractivity contribution in [2.45, 2.75) is 26.7 Å². The number of aryl methyl sites for hydroxylation is 2. The Kier molecular flexibility index (Phi) is 3.93. The minimum absolute atomic E-state index is 0.0308. The first-order valence-corrected chi connectivity index (χ1v) is 7.68. The van der Waals surface area contributed by atoms with Gasteiger partial charge in [-0.3, -0.25) is 14.5 Å². The Bertz CT molecular complexity index is 995. The van der Waals surface area contributed by atoms with Crippen molar-refractivity contribution in [2.75, 3.05) is 7.05 Å². The van der Waals surface area contributed by atoms with Crippen LogP contribution < -0.4 is 5.62 Å². The smallest absolute Gasteiger partial charge is 0.280 e. The summed E-state index contributed by atoms with van der Waals surface area (Å²) in [4.78, 5) is 33.6. The van der Waals surface area contributed by atoms with Gasteiger partial charge in [-0.1, -0.05) is 6.07 Å². The third-order valence-corrected chi connectivity index (χ3v) is 4.07. The molecule has 0 spiro atoms. The van der Waals surface area contributed by atoms with E-state index in [-0.39, 0.29) is 22.9 Å². The average Bonchev–Trinajstić information content (AvgIpc) is 2.57. The quantitative estimate of drug-likeness (QED) is 0.570. The normalized spacial score (nSPS) is 17.5. The lowest BCUT2D eigenvalue weighted by Crippen LogP contribution is -2.45. The van der Waals surface area contributed by atoms with Crippen molar-refractivity contribution in [3.63, 3.8) is 0 Å². The number of amides is 2. The standard InChI is InChI=1S/C17H16N6O2/c1-9-5-10(2)7-12(6-9)23-17(19-8-18)20-13-11(3)15(24)22(4)16(25)14(13)21-23/h5-7,11H,1-4H3. The Labute approximate surface area is 144 Å². The molecule has 1 aromatic heterocycles. The molecule has 0 radical (unpaired) electrons. The summed E-state index contributed by atoms with van der Waals surface area (Å²) in [6.45, 7) is 5.52. The van der Waals surface area contributed by atoms with Crippen LogP contribution in [0.25, 0.3) is 5.69 Å². The molecular formula is C17H16N6O2. The molecule has 0 aliphatic carbocycles. The molecule has 25 heavy (non-hydrogen) atoms. The van der Waals surface area contributed by atoms with Crippen molar-refractivity contribution in [3.8, 4) is 11.9 Å². The summed E-state index contributed by atoms with van der Waals surface area (Å²) in [7, 11) is 1.42. The number of nitrogens with zero attached hydrogens (tertiary/aromatic N) is 6. The van der Waals surface area contributed by atoms with E-state index in [0.29, 0.717) is 5.69 Å². The lowest BCUT2D eigenvalue weighted by atomic mass is 9.99. The zero-order valence-electron chi connectivity index (χ0n) is 14.3. The predicted octanol–water partition coefficient (Wildman–Crippen LogP) is 0.982. The predicted molar refractivity (Wildman–Crippen MR) is 87.5 cm³/mol. The molecule has 126 valence electrons. The molecule has 0 saturated heterocycles. The molecule has 1 aromatic carbocycles. The van der Waals surface area contributed by atoms with Crippen molar-refractivity contribution >= 4 is 11.8 Å². The van der Waals surface area contributed by atoms with Gasteiger partial charge in [-0.15, -0.1) is 4.99 Å². The molecule has 3 rings (SSSR count). The van der Waals surface area contributed by atoms with E-state index in [2.05, 4.69) is 15.1 Å². The lowest BCUT2D eigenvalue weighted by Gasteiger charge is -2.26. The molecule has 8 heteroatoms. The van der Waals surface area contributed by atoms with E-state index >= 15 is 0 Å². The van der Waals surface area contributed by atoms with Gasteiger partial charge in [0, 0.05) is 7.05 Å². The van der Waals surface area contributed by atoms with Gasteiger partial charge in [-0.05, 0) is 44.0 Å². The zero-order valence-corrected chi connectivity index (χ0v) is 14.3. The third-order valence-electron chi connectivity index (χ3n) is 4.07. The Morgan fingerprint density at radius 3 is 2.44 bits per heavy atom. The number of rotatable bonds is 1. The monoisotopic (exact) mass is 336 g/mol. The van der Waals surface area contributed by atoms with E-state index in [1.807, 2.05) is 32.0 Å². The summed E-state index contributed by atoms with van der Waals surface area (Å²) in [6.07, 6.45) is 1.70. The number of hydrogen-bond acceptors (Lipinski definition) is 6. The van der Waals surface area contributed by atoms with Gasteiger partial charge in [0.05, 0.1) is 17.3 Å². The molecule has 0 fully saturated rings. The maximum atomic E-state index is 12.5. The number of carbonyl (C=O) groups is 2.